The molecule has 0 aromatic heterocycles. The van der Waals surface area contributed by atoms with Crippen LogP contribution in [0, 0.1) is 0 Å². The van der Waals surface area contributed by atoms with Crippen molar-refractivity contribution < 1.29 is 9.90 Å². The molecule has 0 amide bonds. The smallest absolute Gasteiger partial charge is 0.320 e. The quantitative estimate of drug-likeness (QED) is 0.474. The molecule has 0 fully saturated rings. The molecule has 0 aliphatic carbocycles. The highest BCUT2D eigenvalue weighted by atomic mass is 32.2. The van der Waals surface area contributed by atoms with Crippen molar-refractivity contribution in [3.63, 3.8) is 0 Å². The van der Waals surface area contributed by atoms with Crippen molar-refractivity contribution in [3.8, 4) is 0 Å². The normalized spacial score (nSPS) is 11.4. The Hall–Kier alpha value is 0.0900. The van der Waals surface area contributed by atoms with Crippen LogP contribution in [0.1, 0.15) is 13.3 Å². The molecular formula is C7H18N2O2S2. The number of aliphatic carboxylic acids is 1. The Morgan fingerprint density at radius 2 is 2.08 bits per heavy atom. The molecule has 6 heteroatoms. The second kappa shape index (κ2) is 12.1. The van der Waals surface area contributed by atoms with Gasteiger partial charge >= 0.3 is 5.97 Å². The summed E-state index contributed by atoms with van der Waals surface area (Å²) in [6, 6.07) is -0.681. The predicted molar refractivity (Wildman–Crippen MR) is 60.9 cm³/mol. The predicted octanol–water partition coefficient (Wildman–Crippen LogP) is 0.765. The molecule has 0 aromatic rings. The molecule has 0 saturated carbocycles. The van der Waals surface area contributed by atoms with E-state index < -0.39 is 12.0 Å². The van der Waals surface area contributed by atoms with Gasteiger partial charge in [-0.05, 0) is 24.2 Å². The number of carboxylic acids is 1. The molecule has 0 rings (SSSR count). The Balaban J connectivity index is 0. The fourth-order valence-corrected chi connectivity index (χ4v) is 1.19. The van der Waals surface area contributed by atoms with Crippen LogP contribution < -0.4 is 10.9 Å². The third-order valence-electron chi connectivity index (χ3n) is 1.09. The molecule has 0 radical (unpaired) electrons. The Morgan fingerprint density at radius 1 is 1.62 bits per heavy atom. The lowest BCUT2D eigenvalue weighted by molar-refractivity contribution is -0.138. The van der Waals surface area contributed by atoms with Crippen LogP contribution in [0.5, 0.6) is 0 Å². The van der Waals surface area contributed by atoms with Crippen molar-refractivity contribution in [2.75, 3.05) is 17.8 Å². The first kappa shape index (κ1) is 15.6. The van der Waals surface area contributed by atoms with Crippen LogP contribution in [-0.4, -0.2) is 34.9 Å². The van der Waals surface area contributed by atoms with E-state index >= 15 is 0 Å². The summed E-state index contributed by atoms with van der Waals surface area (Å²) in [6.45, 7) is 2.04. The van der Waals surface area contributed by atoms with Crippen molar-refractivity contribution in [2.24, 2.45) is 10.9 Å². The Bertz CT molecular complexity index is 125. The topological polar surface area (TPSA) is 89.3 Å². The van der Waals surface area contributed by atoms with E-state index in [9.17, 15) is 4.79 Å². The second-order valence-electron chi connectivity index (χ2n) is 2.17. The maximum Gasteiger partial charge on any atom is 0.320 e. The van der Waals surface area contributed by atoms with E-state index in [0.717, 1.165) is 11.5 Å². The summed E-state index contributed by atoms with van der Waals surface area (Å²) in [6.07, 6.45) is 2.38. The van der Waals surface area contributed by atoms with E-state index in [4.69, 9.17) is 16.0 Å². The van der Waals surface area contributed by atoms with Crippen LogP contribution in [-0.2, 0) is 4.79 Å². The fraction of sp³-hybridized carbons (Fsp3) is 0.857. The van der Waals surface area contributed by atoms with Crippen LogP contribution in [0.25, 0.3) is 0 Å². The van der Waals surface area contributed by atoms with Crippen LogP contribution in [0.15, 0.2) is 0 Å². The number of rotatable bonds is 5. The molecule has 0 aromatic carbocycles. The molecule has 0 aliphatic rings. The van der Waals surface area contributed by atoms with Crippen molar-refractivity contribution in [3.05, 3.63) is 0 Å². The van der Waals surface area contributed by atoms with E-state index in [2.05, 4.69) is 0 Å². The van der Waals surface area contributed by atoms with Gasteiger partial charge in [0.2, 0.25) is 0 Å². The SMILES string of the molecule is CCSCCC(N)C(=O)O.CSN. The zero-order valence-electron chi connectivity index (χ0n) is 8.03. The molecule has 5 N–H and O–H groups in total. The van der Waals surface area contributed by atoms with Gasteiger partial charge in [0.1, 0.15) is 6.04 Å². The number of carboxylic acid groups (broad SMARTS) is 1. The van der Waals surface area contributed by atoms with Gasteiger partial charge in [-0.25, -0.2) is 0 Å². The Kier molecular flexibility index (Phi) is 14.5. The molecule has 13 heavy (non-hydrogen) atoms. The van der Waals surface area contributed by atoms with Gasteiger partial charge in [-0.1, -0.05) is 18.9 Å². The number of hydrogen-bond acceptors (Lipinski definition) is 5. The van der Waals surface area contributed by atoms with Gasteiger partial charge in [0.05, 0.1) is 0 Å². The summed E-state index contributed by atoms with van der Waals surface area (Å²) in [7, 11) is 0. The van der Waals surface area contributed by atoms with Crippen molar-refractivity contribution in [2.45, 2.75) is 19.4 Å². The summed E-state index contributed by atoms with van der Waals surface area (Å²) in [5.41, 5.74) is 5.24. The number of thioether (sulfide) groups is 1. The highest BCUT2D eigenvalue weighted by Gasteiger charge is 2.09. The molecular weight excluding hydrogens is 208 g/mol. The van der Waals surface area contributed by atoms with Crippen LogP contribution in [0.2, 0.25) is 0 Å². The molecule has 0 aliphatic heterocycles. The lowest BCUT2D eigenvalue weighted by Gasteiger charge is -2.03. The minimum atomic E-state index is -0.906. The molecule has 0 heterocycles. The largest absolute Gasteiger partial charge is 0.480 e. The van der Waals surface area contributed by atoms with E-state index in [0.29, 0.717) is 6.42 Å². The average Bonchev–Trinajstić information content (AvgIpc) is 2.06. The summed E-state index contributed by atoms with van der Waals surface area (Å²) in [5, 5.41) is 13.1. The molecule has 4 nitrogen and oxygen atoms in total. The van der Waals surface area contributed by atoms with E-state index in [-0.39, 0.29) is 0 Å². The summed E-state index contributed by atoms with van der Waals surface area (Å²) in [4.78, 5) is 10.2. The first-order valence-corrected chi connectivity index (χ1v) is 6.33. The van der Waals surface area contributed by atoms with Gasteiger partial charge in [-0.15, -0.1) is 0 Å². The third kappa shape index (κ3) is 14.9. The third-order valence-corrected chi connectivity index (χ3v) is 2.03. The molecule has 0 saturated heterocycles. The lowest BCUT2D eigenvalue weighted by Crippen LogP contribution is -2.30. The first-order valence-electron chi connectivity index (χ1n) is 3.89. The number of nitrogens with two attached hydrogens (primary N) is 2. The Labute approximate surface area is 88.0 Å². The van der Waals surface area contributed by atoms with Crippen LogP contribution >= 0.6 is 23.7 Å². The lowest BCUT2D eigenvalue weighted by atomic mass is 10.2. The van der Waals surface area contributed by atoms with Gasteiger partial charge in [0.15, 0.2) is 0 Å². The zero-order valence-corrected chi connectivity index (χ0v) is 9.66. The highest BCUT2D eigenvalue weighted by Crippen LogP contribution is 2.02. The summed E-state index contributed by atoms with van der Waals surface area (Å²) < 4.78 is 0. The number of carbonyl (C=O) groups is 1. The summed E-state index contributed by atoms with van der Waals surface area (Å²) in [5.74, 6) is 0.952. The van der Waals surface area contributed by atoms with Crippen molar-refractivity contribution in [1.82, 2.24) is 0 Å². The van der Waals surface area contributed by atoms with Crippen molar-refractivity contribution >= 4 is 29.7 Å². The average molecular weight is 226 g/mol. The van der Waals surface area contributed by atoms with Crippen LogP contribution in [0.4, 0.5) is 0 Å². The highest BCUT2D eigenvalue weighted by molar-refractivity contribution is 7.99. The monoisotopic (exact) mass is 226 g/mol. The molecule has 80 valence electrons. The summed E-state index contributed by atoms with van der Waals surface area (Å²) >= 11 is 2.96. The standard InChI is InChI=1S/C6H13NO2S.CH5NS/c1-2-10-4-3-5(7)6(8)9;1-3-2/h5H,2-4,7H2,1H3,(H,8,9);2H2,1H3. The zero-order chi connectivity index (χ0) is 10.7. The molecule has 1 unspecified atom stereocenters. The van der Waals surface area contributed by atoms with Crippen molar-refractivity contribution in [1.29, 1.82) is 0 Å². The molecule has 1 atom stereocenters. The van der Waals surface area contributed by atoms with Crippen LogP contribution in [0.3, 0.4) is 0 Å². The minimum absolute atomic E-state index is 0.563. The Morgan fingerprint density at radius 3 is 2.38 bits per heavy atom. The fourth-order valence-electron chi connectivity index (χ4n) is 0.478. The van der Waals surface area contributed by atoms with E-state index in [1.54, 1.807) is 11.8 Å². The first-order chi connectivity index (χ1) is 6.09. The second-order valence-corrected chi connectivity index (χ2v) is 4.03. The maximum atomic E-state index is 10.2. The van der Waals surface area contributed by atoms with Gasteiger partial charge in [0.25, 0.3) is 0 Å². The van der Waals surface area contributed by atoms with Gasteiger partial charge in [0, 0.05) is 0 Å². The van der Waals surface area contributed by atoms with E-state index in [1.807, 2.05) is 13.2 Å². The van der Waals surface area contributed by atoms with Gasteiger partial charge in [-0.2, -0.15) is 11.8 Å². The molecule has 0 spiro atoms. The number of hydrogen-bond donors (Lipinski definition) is 3. The van der Waals surface area contributed by atoms with E-state index in [1.165, 1.54) is 11.9 Å². The van der Waals surface area contributed by atoms with Gasteiger partial charge < -0.3 is 10.8 Å². The molecule has 0 bridgehead atoms. The van der Waals surface area contributed by atoms with Gasteiger partial charge in [-0.3, -0.25) is 9.93 Å². The minimum Gasteiger partial charge on any atom is -0.480 e. The maximum absolute atomic E-state index is 10.2.